The van der Waals surface area contributed by atoms with Crippen LogP contribution in [0.25, 0.3) is 33.4 Å². The van der Waals surface area contributed by atoms with Crippen molar-refractivity contribution in [3.8, 4) is 22.3 Å². The number of fused-ring (bicyclic) bond motifs is 7. The topological polar surface area (TPSA) is 52.0 Å². The molecule has 0 heterocycles. The molecule has 0 saturated heterocycles. The number of hydrogen-bond donors (Lipinski definition) is 2. The number of rotatable bonds is 0. The molecule has 0 radical (unpaired) electrons. The van der Waals surface area contributed by atoms with Gasteiger partial charge in [0.25, 0.3) is 0 Å². The maximum Gasteiger partial charge on any atom is 0.129 e. The quantitative estimate of drug-likeness (QED) is 0.430. The van der Waals surface area contributed by atoms with Gasteiger partial charge in [0.05, 0.1) is 6.04 Å². The van der Waals surface area contributed by atoms with Crippen molar-refractivity contribution in [3.63, 3.8) is 0 Å². The second-order valence-electron chi connectivity index (χ2n) is 7.10. The molecule has 27 heavy (non-hydrogen) atoms. The highest BCUT2D eigenvalue weighted by Crippen LogP contribution is 2.48. The van der Waals surface area contributed by atoms with Gasteiger partial charge >= 0.3 is 0 Å². The highest BCUT2D eigenvalue weighted by Gasteiger charge is 2.37. The predicted octanol–water partition coefficient (Wildman–Crippen LogP) is 5.04. The van der Waals surface area contributed by atoms with E-state index in [1.165, 1.54) is 16.7 Å². The third kappa shape index (κ3) is 2.42. The Morgan fingerprint density at radius 2 is 1.07 bits per heavy atom. The maximum atomic E-state index is 6.61. The monoisotopic (exact) mass is 370 g/mol. The molecule has 0 spiro atoms. The van der Waals surface area contributed by atoms with Crippen molar-refractivity contribution in [1.29, 1.82) is 0 Å². The number of benzene rings is 3. The first-order valence-electron chi connectivity index (χ1n) is 9.03. The minimum atomic E-state index is -1.11. The Morgan fingerprint density at radius 1 is 0.667 bits per heavy atom. The molecular formula is C24H19ClN2. The van der Waals surface area contributed by atoms with E-state index in [2.05, 4.69) is 66.7 Å². The molecule has 132 valence electrons. The van der Waals surface area contributed by atoms with Gasteiger partial charge in [-0.2, -0.15) is 0 Å². The summed E-state index contributed by atoms with van der Waals surface area (Å²) >= 11 is 6.56. The molecule has 0 saturated carbocycles. The van der Waals surface area contributed by atoms with Crippen LogP contribution in [0.3, 0.4) is 0 Å². The zero-order valence-corrected chi connectivity index (χ0v) is 15.4. The summed E-state index contributed by atoms with van der Waals surface area (Å²) in [5.74, 6) is 0. The van der Waals surface area contributed by atoms with Gasteiger partial charge in [-0.25, -0.2) is 0 Å². The van der Waals surface area contributed by atoms with Crippen LogP contribution in [0.15, 0.2) is 84.9 Å². The lowest BCUT2D eigenvalue weighted by Gasteiger charge is -2.36. The fourth-order valence-corrected chi connectivity index (χ4v) is 4.37. The molecule has 2 aliphatic carbocycles. The number of hydrogen-bond acceptors (Lipinski definition) is 2. The molecule has 0 amide bonds. The van der Waals surface area contributed by atoms with Gasteiger partial charge < -0.3 is 11.5 Å². The molecule has 2 nitrogen and oxygen atoms in total. The van der Waals surface area contributed by atoms with E-state index in [4.69, 9.17) is 23.1 Å². The van der Waals surface area contributed by atoms with E-state index >= 15 is 0 Å². The number of allylic oxidation sites excluding steroid dienone is 2. The maximum absolute atomic E-state index is 6.61. The SMILES string of the molecule is NC1C2=C(C=CC1(N)Cl)c1ccccc1-c1ccccc1-c1ccccc12. The fraction of sp³-hybridized carbons (Fsp3) is 0.0833. The van der Waals surface area contributed by atoms with Crippen molar-refractivity contribution in [2.45, 2.75) is 11.0 Å². The molecule has 3 aromatic rings. The van der Waals surface area contributed by atoms with Crippen molar-refractivity contribution >= 4 is 22.7 Å². The van der Waals surface area contributed by atoms with E-state index < -0.39 is 11.0 Å². The van der Waals surface area contributed by atoms with Gasteiger partial charge in [-0.3, -0.25) is 0 Å². The lowest BCUT2D eigenvalue weighted by Crippen LogP contribution is -2.51. The van der Waals surface area contributed by atoms with E-state index in [0.29, 0.717) is 0 Å². The Morgan fingerprint density at radius 3 is 1.63 bits per heavy atom. The van der Waals surface area contributed by atoms with Gasteiger partial charge in [0.15, 0.2) is 0 Å². The second-order valence-corrected chi connectivity index (χ2v) is 7.76. The summed E-state index contributed by atoms with van der Waals surface area (Å²) in [7, 11) is 0. The van der Waals surface area contributed by atoms with E-state index in [-0.39, 0.29) is 0 Å². The minimum absolute atomic E-state index is 0.515. The Labute approximate surface area is 163 Å². The van der Waals surface area contributed by atoms with Crippen molar-refractivity contribution < 1.29 is 0 Å². The lowest BCUT2D eigenvalue weighted by atomic mass is 9.75. The van der Waals surface area contributed by atoms with Crippen LogP contribution >= 0.6 is 11.6 Å². The number of alkyl halides is 1. The van der Waals surface area contributed by atoms with Crippen LogP contribution < -0.4 is 11.5 Å². The second kappa shape index (κ2) is 5.93. The molecule has 5 rings (SSSR count). The fourth-order valence-electron chi connectivity index (χ4n) is 4.20. The van der Waals surface area contributed by atoms with Crippen LogP contribution in [0.2, 0.25) is 0 Å². The molecule has 0 aliphatic heterocycles. The van der Waals surface area contributed by atoms with E-state index in [1.54, 1.807) is 0 Å². The first kappa shape index (κ1) is 16.5. The lowest BCUT2D eigenvalue weighted by molar-refractivity contribution is 0.650. The summed E-state index contributed by atoms with van der Waals surface area (Å²) < 4.78 is 0. The third-order valence-corrected chi connectivity index (χ3v) is 5.89. The number of nitrogens with two attached hydrogens (primary N) is 2. The van der Waals surface area contributed by atoms with Gasteiger partial charge in [0, 0.05) is 0 Å². The molecule has 0 fully saturated rings. The van der Waals surface area contributed by atoms with Crippen LogP contribution in [-0.2, 0) is 0 Å². The summed E-state index contributed by atoms with van der Waals surface area (Å²) in [5, 5.41) is 0. The summed E-state index contributed by atoms with van der Waals surface area (Å²) in [5.41, 5.74) is 22.0. The average molecular weight is 371 g/mol. The molecular weight excluding hydrogens is 352 g/mol. The van der Waals surface area contributed by atoms with Gasteiger partial charge in [-0.15, -0.1) is 0 Å². The summed E-state index contributed by atoms with van der Waals surface area (Å²) in [6.45, 7) is 0. The Balaban J connectivity index is 1.97. The van der Waals surface area contributed by atoms with Crippen LogP contribution in [0.1, 0.15) is 11.1 Å². The molecule has 2 atom stereocenters. The summed E-state index contributed by atoms with van der Waals surface area (Å²) in [6.07, 6.45) is 3.83. The van der Waals surface area contributed by atoms with Crippen molar-refractivity contribution in [3.05, 3.63) is 96.1 Å². The first-order chi connectivity index (χ1) is 13.1. The van der Waals surface area contributed by atoms with E-state index in [1.807, 2.05) is 18.2 Å². The number of halogens is 1. The van der Waals surface area contributed by atoms with Crippen LogP contribution in [0, 0.1) is 0 Å². The molecule has 3 heteroatoms. The smallest absolute Gasteiger partial charge is 0.129 e. The predicted molar refractivity (Wildman–Crippen MR) is 114 cm³/mol. The van der Waals surface area contributed by atoms with E-state index in [0.717, 1.165) is 27.8 Å². The zero-order chi connectivity index (χ0) is 18.6. The first-order valence-corrected chi connectivity index (χ1v) is 9.41. The highest BCUT2D eigenvalue weighted by atomic mass is 35.5. The largest absolute Gasteiger partial charge is 0.321 e. The summed E-state index contributed by atoms with van der Waals surface area (Å²) in [6, 6.07) is 24.8. The van der Waals surface area contributed by atoms with E-state index in [9.17, 15) is 0 Å². The molecule has 4 N–H and O–H groups in total. The average Bonchev–Trinajstić information content (AvgIpc) is 2.69. The van der Waals surface area contributed by atoms with Crippen molar-refractivity contribution in [2.24, 2.45) is 11.5 Å². The van der Waals surface area contributed by atoms with Gasteiger partial charge in [-0.05, 0) is 50.6 Å². The normalized spacial score (nSPS) is 22.9. The third-order valence-electron chi connectivity index (χ3n) is 5.53. The molecule has 2 aliphatic rings. The summed E-state index contributed by atoms with van der Waals surface area (Å²) in [4.78, 5) is -1.11. The Kier molecular flexibility index (Phi) is 3.63. The highest BCUT2D eigenvalue weighted by molar-refractivity contribution is 6.28. The molecule has 0 bridgehead atoms. The van der Waals surface area contributed by atoms with Crippen molar-refractivity contribution in [1.82, 2.24) is 0 Å². The molecule has 3 aromatic carbocycles. The van der Waals surface area contributed by atoms with Crippen LogP contribution in [-0.4, -0.2) is 11.0 Å². The standard InChI is InChI=1S/C24H19ClN2/c25-24(27)14-13-21-19-11-4-3-9-17(19)15-7-1-2-8-16(15)18-10-5-6-12-20(18)22(21)23(24)26/h1-14,23H,26-27H2. The Hall–Kier alpha value is -2.65. The zero-order valence-electron chi connectivity index (χ0n) is 14.7. The van der Waals surface area contributed by atoms with Gasteiger partial charge in [-0.1, -0.05) is 90.5 Å². The van der Waals surface area contributed by atoms with Crippen LogP contribution in [0.4, 0.5) is 0 Å². The van der Waals surface area contributed by atoms with Crippen LogP contribution in [0.5, 0.6) is 0 Å². The Bertz CT molecular complexity index is 1120. The molecule has 0 aromatic heterocycles. The minimum Gasteiger partial charge on any atom is -0.321 e. The molecule has 2 unspecified atom stereocenters. The van der Waals surface area contributed by atoms with Crippen molar-refractivity contribution in [2.75, 3.05) is 0 Å². The van der Waals surface area contributed by atoms with Gasteiger partial charge in [0.2, 0.25) is 0 Å². The van der Waals surface area contributed by atoms with Gasteiger partial charge in [0.1, 0.15) is 5.00 Å².